The predicted molar refractivity (Wildman–Crippen MR) is 68.0 cm³/mol. The van der Waals surface area contributed by atoms with Crippen LogP contribution >= 0.6 is 11.6 Å². The van der Waals surface area contributed by atoms with E-state index in [1.54, 1.807) is 12.4 Å². The number of nitrogens with zero attached hydrogens (tertiary/aromatic N) is 3. The topological polar surface area (TPSA) is 42.7 Å². The summed E-state index contributed by atoms with van der Waals surface area (Å²) in [6, 6.07) is 3.76. The molecule has 0 aliphatic carbocycles. The van der Waals surface area contributed by atoms with E-state index in [4.69, 9.17) is 11.6 Å². The molecule has 0 spiro atoms. The van der Waals surface area contributed by atoms with Gasteiger partial charge in [-0.2, -0.15) is 0 Å². The van der Waals surface area contributed by atoms with Crippen molar-refractivity contribution < 1.29 is 0 Å². The van der Waals surface area contributed by atoms with Crippen molar-refractivity contribution in [2.24, 2.45) is 7.05 Å². The van der Waals surface area contributed by atoms with Gasteiger partial charge in [-0.1, -0.05) is 11.6 Å². The van der Waals surface area contributed by atoms with Crippen LogP contribution in [0.1, 0.15) is 17.6 Å². The standard InChI is InChI=1S/C12H15ClN4/c1-14-10(8-11-15-6-7-17(11)2)12-9(13)4-3-5-16-12/h3-7,10,14H,8H2,1-2H3. The summed E-state index contributed by atoms with van der Waals surface area (Å²) < 4.78 is 2.00. The highest BCUT2D eigenvalue weighted by atomic mass is 35.5. The quantitative estimate of drug-likeness (QED) is 0.902. The molecule has 0 fully saturated rings. The first kappa shape index (κ1) is 12.1. The summed E-state index contributed by atoms with van der Waals surface area (Å²) in [7, 11) is 3.88. The molecular weight excluding hydrogens is 236 g/mol. The van der Waals surface area contributed by atoms with E-state index >= 15 is 0 Å². The molecule has 1 unspecified atom stereocenters. The molecule has 90 valence electrons. The van der Waals surface area contributed by atoms with E-state index < -0.39 is 0 Å². The van der Waals surface area contributed by atoms with Gasteiger partial charge in [0.15, 0.2) is 0 Å². The Labute approximate surface area is 106 Å². The molecule has 0 aliphatic heterocycles. The lowest BCUT2D eigenvalue weighted by molar-refractivity contribution is 0.550. The Balaban J connectivity index is 2.23. The molecule has 0 aliphatic rings. The van der Waals surface area contributed by atoms with Gasteiger partial charge in [0.1, 0.15) is 5.82 Å². The monoisotopic (exact) mass is 250 g/mol. The summed E-state index contributed by atoms with van der Waals surface area (Å²) in [5.74, 6) is 1.01. The lowest BCUT2D eigenvalue weighted by Gasteiger charge is -2.16. The third-order valence-electron chi connectivity index (χ3n) is 2.77. The van der Waals surface area contributed by atoms with Gasteiger partial charge in [0.25, 0.3) is 0 Å². The Bertz CT molecular complexity index is 495. The molecule has 5 heteroatoms. The van der Waals surface area contributed by atoms with Gasteiger partial charge in [-0.15, -0.1) is 0 Å². The van der Waals surface area contributed by atoms with Crippen molar-refractivity contribution in [2.45, 2.75) is 12.5 Å². The molecule has 4 nitrogen and oxygen atoms in total. The molecule has 17 heavy (non-hydrogen) atoms. The minimum Gasteiger partial charge on any atom is -0.338 e. The van der Waals surface area contributed by atoms with Crippen LogP contribution < -0.4 is 5.32 Å². The molecule has 1 N–H and O–H groups in total. The van der Waals surface area contributed by atoms with E-state index in [0.29, 0.717) is 5.02 Å². The highest BCUT2D eigenvalue weighted by molar-refractivity contribution is 6.31. The second-order valence-electron chi connectivity index (χ2n) is 3.87. The molecule has 0 bridgehead atoms. The maximum Gasteiger partial charge on any atom is 0.110 e. The number of likely N-dealkylation sites (N-methyl/N-ethyl adjacent to an activating group) is 1. The van der Waals surface area contributed by atoms with Gasteiger partial charge in [0.2, 0.25) is 0 Å². The number of pyridine rings is 1. The van der Waals surface area contributed by atoms with Crippen LogP contribution in [0.3, 0.4) is 0 Å². The maximum absolute atomic E-state index is 6.15. The SMILES string of the molecule is CNC(Cc1nccn1C)c1ncccc1Cl. The molecule has 1 atom stereocenters. The molecule has 2 heterocycles. The van der Waals surface area contributed by atoms with Crippen LogP contribution in [-0.2, 0) is 13.5 Å². The lowest BCUT2D eigenvalue weighted by atomic mass is 10.1. The number of aromatic nitrogens is 3. The number of hydrogen-bond acceptors (Lipinski definition) is 3. The van der Waals surface area contributed by atoms with Crippen molar-refractivity contribution in [1.29, 1.82) is 0 Å². The zero-order chi connectivity index (χ0) is 12.3. The van der Waals surface area contributed by atoms with E-state index in [0.717, 1.165) is 17.9 Å². The van der Waals surface area contributed by atoms with E-state index in [2.05, 4.69) is 15.3 Å². The van der Waals surface area contributed by atoms with Crippen molar-refractivity contribution in [2.75, 3.05) is 7.05 Å². The molecule has 0 aromatic carbocycles. The summed E-state index contributed by atoms with van der Waals surface area (Å²) in [5.41, 5.74) is 0.861. The van der Waals surface area contributed by atoms with Crippen molar-refractivity contribution in [3.8, 4) is 0 Å². The van der Waals surface area contributed by atoms with E-state index in [9.17, 15) is 0 Å². The average molecular weight is 251 g/mol. The molecule has 0 amide bonds. The van der Waals surface area contributed by atoms with Crippen molar-refractivity contribution in [3.63, 3.8) is 0 Å². The second-order valence-corrected chi connectivity index (χ2v) is 4.28. The first-order valence-corrected chi connectivity index (χ1v) is 5.84. The average Bonchev–Trinajstić information content (AvgIpc) is 2.73. The third-order valence-corrected chi connectivity index (χ3v) is 3.09. The number of halogens is 1. The Morgan fingerprint density at radius 3 is 2.82 bits per heavy atom. The maximum atomic E-state index is 6.15. The van der Waals surface area contributed by atoms with E-state index in [-0.39, 0.29) is 6.04 Å². The summed E-state index contributed by atoms with van der Waals surface area (Å²) in [6.45, 7) is 0. The number of aryl methyl sites for hydroxylation is 1. The highest BCUT2D eigenvalue weighted by Crippen LogP contribution is 2.22. The van der Waals surface area contributed by atoms with Crippen LogP contribution in [0.5, 0.6) is 0 Å². The smallest absolute Gasteiger partial charge is 0.110 e. The zero-order valence-corrected chi connectivity index (χ0v) is 10.6. The fourth-order valence-corrected chi connectivity index (χ4v) is 2.02. The zero-order valence-electron chi connectivity index (χ0n) is 9.89. The van der Waals surface area contributed by atoms with Gasteiger partial charge >= 0.3 is 0 Å². The van der Waals surface area contributed by atoms with E-state index in [1.165, 1.54) is 0 Å². The van der Waals surface area contributed by atoms with Crippen LogP contribution in [0.15, 0.2) is 30.7 Å². The largest absolute Gasteiger partial charge is 0.338 e. The minimum atomic E-state index is 0.0739. The van der Waals surface area contributed by atoms with Gasteiger partial charge in [-0.3, -0.25) is 4.98 Å². The Morgan fingerprint density at radius 1 is 1.41 bits per heavy atom. The number of rotatable bonds is 4. The number of imidazole rings is 1. The first-order chi connectivity index (χ1) is 8.22. The van der Waals surface area contributed by atoms with E-state index in [1.807, 2.05) is 37.0 Å². The fourth-order valence-electron chi connectivity index (χ4n) is 1.77. The molecule has 0 saturated heterocycles. The summed E-state index contributed by atoms with van der Waals surface area (Å²) >= 11 is 6.15. The Hall–Kier alpha value is -1.39. The third kappa shape index (κ3) is 2.65. The minimum absolute atomic E-state index is 0.0739. The van der Waals surface area contributed by atoms with Gasteiger partial charge < -0.3 is 9.88 Å². The molecule has 2 aromatic rings. The Morgan fingerprint density at radius 2 is 2.24 bits per heavy atom. The number of hydrogen-bond donors (Lipinski definition) is 1. The molecule has 0 radical (unpaired) electrons. The van der Waals surface area contributed by atoms with Crippen LogP contribution in [0, 0.1) is 0 Å². The Kier molecular flexibility index (Phi) is 3.76. The normalized spacial score (nSPS) is 12.6. The van der Waals surface area contributed by atoms with Gasteiger partial charge in [-0.05, 0) is 19.2 Å². The lowest BCUT2D eigenvalue weighted by Crippen LogP contribution is -2.21. The molecule has 2 rings (SSSR count). The van der Waals surface area contributed by atoms with Gasteiger partial charge in [-0.25, -0.2) is 4.98 Å². The number of nitrogens with one attached hydrogen (secondary N) is 1. The second kappa shape index (κ2) is 5.29. The van der Waals surface area contributed by atoms with Gasteiger partial charge in [0, 0.05) is 32.1 Å². The van der Waals surface area contributed by atoms with Crippen LogP contribution in [0.2, 0.25) is 5.02 Å². The van der Waals surface area contributed by atoms with Crippen LogP contribution in [0.4, 0.5) is 0 Å². The van der Waals surface area contributed by atoms with Crippen molar-refractivity contribution in [1.82, 2.24) is 19.9 Å². The summed E-state index contributed by atoms with van der Waals surface area (Å²) in [4.78, 5) is 8.64. The van der Waals surface area contributed by atoms with Gasteiger partial charge in [0.05, 0.1) is 16.8 Å². The fraction of sp³-hybridized carbons (Fsp3) is 0.333. The first-order valence-electron chi connectivity index (χ1n) is 5.46. The molecule has 0 saturated carbocycles. The van der Waals surface area contributed by atoms with Crippen molar-refractivity contribution in [3.05, 3.63) is 47.3 Å². The predicted octanol–water partition coefficient (Wildman–Crippen LogP) is 1.97. The molecular formula is C12H15ClN4. The van der Waals surface area contributed by atoms with Crippen LogP contribution in [-0.4, -0.2) is 21.6 Å². The molecule has 2 aromatic heterocycles. The summed E-state index contributed by atoms with van der Waals surface area (Å²) in [5, 5.41) is 3.91. The summed E-state index contributed by atoms with van der Waals surface area (Å²) in [6.07, 6.45) is 6.24. The van der Waals surface area contributed by atoms with Crippen LogP contribution in [0.25, 0.3) is 0 Å². The van der Waals surface area contributed by atoms with Crippen molar-refractivity contribution >= 4 is 11.6 Å². The highest BCUT2D eigenvalue weighted by Gasteiger charge is 2.16.